The molecule has 210 valence electrons. The Kier molecular flexibility index (Phi) is 8.28. The molecule has 0 bridgehead atoms. The summed E-state index contributed by atoms with van der Waals surface area (Å²) in [7, 11) is 3.09. The third-order valence-corrected chi connectivity index (χ3v) is 9.04. The highest BCUT2D eigenvalue weighted by atomic mass is 32.2. The van der Waals surface area contributed by atoms with E-state index in [4.69, 9.17) is 15.2 Å². The number of anilines is 2. The predicted octanol–water partition coefficient (Wildman–Crippen LogP) is 4.90. The summed E-state index contributed by atoms with van der Waals surface area (Å²) in [5, 5.41) is 22.2. The zero-order valence-electron chi connectivity index (χ0n) is 22.8. The second kappa shape index (κ2) is 12.0. The molecule has 1 amide bonds. The summed E-state index contributed by atoms with van der Waals surface area (Å²) in [6.45, 7) is 1.93. The normalized spacial score (nSPS) is 16.8. The number of rotatable bonds is 8. The van der Waals surface area contributed by atoms with E-state index in [1.54, 1.807) is 37.3 Å². The lowest BCUT2D eigenvalue weighted by Gasteiger charge is -2.38. The lowest BCUT2D eigenvalue weighted by molar-refractivity contribution is -0.116. The van der Waals surface area contributed by atoms with Crippen LogP contribution in [0.5, 0.6) is 11.5 Å². The van der Waals surface area contributed by atoms with Crippen molar-refractivity contribution < 1.29 is 19.1 Å². The Morgan fingerprint density at radius 3 is 2.76 bits per heavy atom. The summed E-state index contributed by atoms with van der Waals surface area (Å²) >= 11 is 2.50. The number of allylic oxidation sites excluding steroid dienone is 3. The standard InChI is InChI=1S/C29H28N6O4S2/c1-16-7-4-5-8-20(16)32-24(37)15-40-29-34-33-28(41-29)35-21-9-6-10-22(36)26(21)25(19(14-30)27(35)31)18-13-17(38-2)11-12-23(18)39-3/h4-5,7-8,11-13,25H,6,9-10,15,31H2,1-3H3,(H,32,37). The molecule has 0 spiro atoms. The van der Waals surface area contributed by atoms with Crippen LogP contribution < -0.4 is 25.4 Å². The Labute approximate surface area is 245 Å². The highest BCUT2D eigenvalue weighted by Crippen LogP contribution is 2.49. The van der Waals surface area contributed by atoms with Crippen molar-refractivity contribution in [2.24, 2.45) is 5.73 Å². The quantitative estimate of drug-likeness (QED) is 0.349. The number of methoxy groups -OCH3 is 2. The van der Waals surface area contributed by atoms with E-state index in [1.165, 1.54) is 23.1 Å². The minimum Gasteiger partial charge on any atom is -0.497 e. The molecule has 1 aliphatic heterocycles. The molecule has 2 aliphatic rings. The van der Waals surface area contributed by atoms with Gasteiger partial charge in [-0.3, -0.25) is 14.5 Å². The van der Waals surface area contributed by atoms with Gasteiger partial charge in [-0.05, 0) is 49.6 Å². The molecule has 10 nitrogen and oxygen atoms in total. The van der Waals surface area contributed by atoms with Crippen LogP contribution in [0.4, 0.5) is 10.8 Å². The van der Waals surface area contributed by atoms with Crippen molar-refractivity contribution in [3.63, 3.8) is 0 Å². The van der Waals surface area contributed by atoms with Crippen LogP contribution in [-0.4, -0.2) is 41.9 Å². The van der Waals surface area contributed by atoms with Gasteiger partial charge in [-0.15, -0.1) is 10.2 Å². The lowest BCUT2D eigenvalue weighted by Crippen LogP contribution is -2.38. The number of aromatic nitrogens is 2. The molecule has 1 aliphatic carbocycles. The van der Waals surface area contributed by atoms with Gasteiger partial charge in [-0.1, -0.05) is 41.3 Å². The molecule has 3 N–H and O–H groups in total. The van der Waals surface area contributed by atoms with Crippen LogP contribution in [0.3, 0.4) is 0 Å². The monoisotopic (exact) mass is 588 g/mol. The fraction of sp³-hybridized carbons (Fsp3) is 0.276. The van der Waals surface area contributed by atoms with E-state index in [2.05, 4.69) is 21.6 Å². The number of hydrogen-bond acceptors (Lipinski definition) is 11. The van der Waals surface area contributed by atoms with Crippen molar-refractivity contribution in [3.8, 4) is 17.6 Å². The number of amides is 1. The summed E-state index contributed by atoms with van der Waals surface area (Å²) in [6, 6.07) is 15.1. The Balaban J connectivity index is 1.47. The molecule has 41 heavy (non-hydrogen) atoms. The van der Waals surface area contributed by atoms with Crippen LogP contribution in [0, 0.1) is 18.3 Å². The first-order valence-electron chi connectivity index (χ1n) is 12.9. The summed E-state index contributed by atoms with van der Waals surface area (Å²) in [4.78, 5) is 27.7. The summed E-state index contributed by atoms with van der Waals surface area (Å²) in [5.41, 5.74) is 10.4. The highest BCUT2D eigenvalue weighted by Gasteiger charge is 2.42. The van der Waals surface area contributed by atoms with Crippen LogP contribution in [-0.2, 0) is 9.59 Å². The van der Waals surface area contributed by atoms with Crippen LogP contribution in [0.1, 0.15) is 36.3 Å². The molecule has 5 rings (SSSR count). The first-order chi connectivity index (χ1) is 19.9. The maximum absolute atomic E-state index is 13.5. The number of nitrogens with one attached hydrogen (secondary N) is 1. The van der Waals surface area contributed by atoms with Crippen molar-refractivity contribution in [1.82, 2.24) is 10.2 Å². The molecule has 1 unspecified atom stereocenters. The van der Waals surface area contributed by atoms with Gasteiger partial charge >= 0.3 is 0 Å². The van der Waals surface area contributed by atoms with E-state index in [0.717, 1.165) is 11.3 Å². The fourth-order valence-electron chi connectivity index (χ4n) is 5.06. The van der Waals surface area contributed by atoms with Crippen LogP contribution in [0.2, 0.25) is 0 Å². The Morgan fingerprint density at radius 1 is 1.22 bits per heavy atom. The second-order valence-corrected chi connectivity index (χ2v) is 11.6. The van der Waals surface area contributed by atoms with Crippen molar-refractivity contribution in [2.75, 3.05) is 30.2 Å². The number of aryl methyl sites for hydroxylation is 1. The van der Waals surface area contributed by atoms with Crippen molar-refractivity contribution in [3.05, 3.63) is 76.3 Å². The molecule has 0 radical (unpaired) electrons. The molecule has 2 heterocycles. The van der Waals surface area contributed by atoms with Gasteiger partial charge < -0.3 is 20.5 Å². The molecule has 3 aromatic rings. The minimum atomic E-state index is -0.712. The summed E-state index contributed by atoms with van der Waals surface area (Å²) in [5.74, 6) is 0.482. The predicted molar refractivity (Wildman–Crippen MR) is 158 cm³/mol. The minimum absolute atomic E-state index is 0.0571. The van der Waals surface area contributed by atoms with Gasteiger partial charge in [0.15, 0.2) is 10.1 Å². The maximum Gasteiger partial charge on any atom is 0.234 e. The van der Waals surface area contributed by atoms with Crippen molar-refractivity contribution >= 4 is 45.6 Å². The van der Waals surface area contributed by atoms with E-state index < -0.39 is 5.92 Å². The van der Waals surface area contributed by atoms with Crippen LogP contribution in [0.15, 0.2) is 69.5 Å². The van der Waals surface area contributed by atoms with Gasteiger partial charge in [-0.25, -0.2) is 0 Å². The first-order valence-corrected chi connectivity index (χ1v) is 14.7. The van der Waals surface area contributed by atoms with Gasteiger partial charge in [0, 0.05) is 28.9 Å². The zero-order chi connectivity index (χ0) is 29.1. The van der Waals surface area contributed by atoms with E-state index >= 15 is 0 Å². The molecular formula is C29H28N6O4S2. The number of carbonyl (C=O) groups excluding carboxylic acids is 2. The van der Waals surface area contributed by atoms with E-state index in [-0.39, 0.29) is 28.8 Å². The number of benzene rings is 2. The number of carbonyl (C=O) groups is 2. The SMILES string of the molecule is COc1ccc(OC)c(C2C(C#N)=C(N)N(c3nnc(SCC(=O)Nc4ccccc4C)s3)C3=C2C(=O)CCC3)c1. The Bertz CT molecular complexity index is 1620. The fourth-order valence-corrected chi connectivity index (χ4v) is 6.74. The molecule has 0 fully saturated rings. The van der Waals surface area contributed by atoms with Crippen molar-refractivity contribution in [2.45, 2.75) is 36.4 Å². The third-order valence-electron chi connectivity index (χ3n) is 6.99. The topological polar surface area (TPSA) is 143 Å². The van der Waals surface area contributed by atoms with Gasteiger partial charge in [0.1, 0.15) is 17.3 Å². The van der Waals surface area contributed by atoms with Gasteiger partial charge in [0.2, 0.25) is 11.0 Å². The highest BCUT2D eigenvalue weighted by molar-refractivity contribution is 8.01. The first kappa shape index (κ1) is 28.2. The smallest absolute Gasteiger partial charge is 0.234 e. The number of nitriles is 1. The molecule has 2 aromatic carbocycles. The third kappa shape index (κ3) is 5.51. The second-order valence-electron chi connectivity index (χ2n) is 9.43. The summed E-state index contributed by atoms with van der Waals surface area (Å²) < 4.78 is 11.6. The maximum atomic E-state index is 13.5. The van der Waals surface area contributed by atoms with Gasteiger partial charge in [0.25, 0.3) is 0 Å². The number of nitrogens with two attached hydrogens (primary N) is 1. The van der Waals surface area contributed by atoms with E-state index in [1.807, 2.05) is 31.2 Å². The number of hydrogen-bond donors (Lipinski definition) is 2. The number of Topliss-reactive ketones (excluding diaryl/α,β-unsaturated/α-hetero) is 1. The number of thioether (sulfide) groups is 1. The number of ketones is 1. The van der Waals surface area contributed by atoms with Crippen LogP contribution >= 0.6 is 23.1 Å². The number of para-hydroxylation sites is 1. The average molecular weight is 589 g/mol. The largest absolute Gasteiger partial charge is 0.497 e. The van der Waals surface area contributed by atoms with E-state index in [0.29, 0.717) is 57.1 Å². The zero-order valence-corrected chi connectivity index (χ0v) is 24.4. The van der Waals surface area contributed by atoms with Crippen molar-refractivity contribution in [1.29, 1.82) is 5.26 Å². The average Bonchev–Trinajstić information content (AvgIpc) is 3.45. The Hall–Kier alpha value is -4.34. The number of nitrogens with zero attached hydrogens (tertiary/aromatic N) is 4. The Morgan fingerprint density at radius 2 is 2.02 bits per heavy atom. The lowest BCUT2D eigenvalue weighted by atomic mass is 9.75. The molecule has 0 saturated carbocycles. The molecule has 0 saturated heterocycles. The summed E-state index contributed by atoms with van der Waals surface area (Å²) in [6.07, 6.45) is 1.58. The van der Waals surface area contributed by atoms with Crippen LogP contribution in [0.25, 0.3) is 0 Å². The molecule has 1 atom stereocenters. The molecular weight excluding hydrogens is 560 g/mol. The van der Waals surface area contributed by atoms with E-state index in [9.17, 15) is 14.9 Å². The van der Waals surface area contributed by atoms with Gasteiger partial charge in [0.05, 0.1) is 37.5 Å². The molecule has 12 heteroatoms. The molecule has 1 aromatic heterocycles. The number of ether oxygens (including phenoxy) is 2. The van der Waals surface area contributed by atoms with Gasteiger partial charge in [-0.2, -0.15) is 5.26 Å².